The van der Waals surface area contributed by atoms with Crippen molar-refractivity contribution in [1.29, 1.82) is 0 Å². The van der Waals surface area contributed by atoms with Gasteiger partial charge < -0.3 is 9.97 Å². The first-order valence-corrected chi connectivity index (χ1v) is 12.3. The molecule has 4 nitrogen and oxygen atoms in total. The molecule has 5 heteroatoms. The molecule has 0 aliphatic heterocycles. The second-order valence-electron chi connectivity index (χ2n) is 8.68. The Kier molecular flexibility index (Phi) is 8.23. The van der Waals surface area contributed by atoms with E-state index in [4.69, 9.17) is 0 Å². The van der Waals surface area contributed by atoms with Crippen LogP contribution >= 0.6 is 0 Å². The van der Waals surface area contributed by atoms with Gasteiger partial charge in [0.15, 0.2) is 0 Å². The van der Waals surface area contributed by atoms with Gasteiger partial charge in [-0.1, -0.05) is 78.6 Å². The van der Waals surface area contributed by atoms with E-state index in [0.29, 0.717) is 5.82 Å². The van der Waals surface area contributed by atoms with E-state index in [2.05, 4.69) is 74.5 Å². The van der Waals surface area contributed by atoms with Gasteiger partial charge in [0.2, 0.25) is 0 Å². The number of hydrogen-bond donors (Lipinski definition) is 0. The second kappa shape index (κ2) is 12.3. The maximum absolute atomic E-state index is 4.61. The molecule has 4 aromatic carbocycles. The molecule has 0 spiro atoms. The van der Waals surface area contributed by atoms with Crippen molar-refractivity contribution in [3.63, 3.8) is 0 Å². The van der Waals surface area contributed by atoms with E-state index in [1.165, 1.54) is 21.9 Å². The summed E-state index contributed by atoms with van der Waals surface area (Å²) in [4.78, 5) is 17.5. The Morgan fingerprint density at radius 3 is 2.08 bits per heavy atom. The summed E-state index contributed by atoms with van der Waals surface area (Å²) in [6.45, 7) is 0. The Labute approximate surface area is 240 Å². The molecule has 7 rings (SSSR count). The van der Waals surface area contributed by atoms with Gasteiger partial charge in [-0.05, 0) is 45.8 Å². The van der Waals surface area contributed by atoms with Gasteiger partial charge in [-0.15, -0.1) is 48.0 Å². The van der Waals surface area contributed by atoms with Crippen molar-refractivity contribution >= 4 is 21.7 Å². The number of hydrogen-bond acceptors (Lipinski definition) is 4. The number of benzene rings is 4. The van der Waals surface area contributed by atoms with Crippen LogP contribution in [-0.4, -0.2) is 19.9 Å². The van der Waals surface area contributed by atoms with Gasteiger partial charge >= 0.3 is 0 Å². The first-order valence-electron chi connectivity index (χ1n) is 12.3. The summed E-state index contributed by atoms with van der Waals surface area (Å²) >= 11 is 0. The molecule has 0 unspecified atom stereocenters. The molecular weight excluding hydrogens is 657 g/mol. The molecule has 0 N–H and O–H groups in total. The van der Waals surface area contributed by atoms with Crippen molar-refractivity contribution < 1.29 is 20.1 Å². The summed E-state index contributed by atoms with van der Waals surface area (Å²) in [7, 11) is 0. The molecule has 0 bridgehead atoms. The number of nitrogens with zero attached hydrogens (tertiary/aromatic N) is 4. The zero-order chi connectivity index (χ0) is 25.6. The van der Waals surface area contributed by atoms with Crippen LogP contribution < -0.4 is 0 Å². The molecule has 3 aromatic heterocycles. The number of aromatic nitrogens is 4. The molecule has 0 fully saturated rings. The molecule has 1 radical (unpaired) electrons. The molecule has 0 amide bonds. The third-order valence-electron chi connectivity index (χ3n) is 6.14. The fourth-order valence-electron chi connectivity index (χ4n) is 4.24. The van der Waals surface area contributed by atoms with Crippen LogP contribution in [-0.2, 0) is 20.1 Å². The maximum atomic E-state index is 4.61. The van der Waals surface area contributed by atoms with E-state index < -0.39 is 0 Å². The first-order chi connectivity index (χ1) is 18.8. The third-order valence-corrected chi connectivity index (χ3v) is 6.14. The SMILES string of the molecule is [Ir].[c-]1ccccc1-c1cc(-c2ccccc2)ccn1.[c-]1ccncc1-c1ncc2cc3ccccc3cc2n1. The Balaban J connectivity index is 0.000000155. The monoisotopic (exact) mass is 679 g/mol. The smallest absolute Gasteiger partial charge is 0.0770 e. The fourth-order valence-corrected chi connectivity index (χ4v) is 4.24. The molecule has 0 saturated heterocycles. The van der Waals surface area contributed by atoms with Crippen LogP contribution in [0, 0.1) is 12.1 Å². The van der Waals surface area contributed by atoms with Crippen LogP contribution in [0.2, 0.25) is 0 Å². The summed E-state index contributed by atoms with van der Waals surface area (Å²) in [5, 5.41) is 3.42. The summed E-state index contributed by atoms with van der Waals surface area (Å²) in [6.07, 6.45) is 7.11. The van der Waals surface area contributed by atoms with Gasteiger partial charge in [0, 0.05) is 37.9 Å². The topological polar surface area (TPSA) is 51.6 Å². The minimum Gasteiger partial charge on any atom is -0.360 e. The van der Waals surface area contributed by atoms with Crippen LogP contribution in [0.4, 0.5) is 0 Å². The van der Waals surface area contributed by atoms with Gasteiger partial charge in [-0.2, -0.15) is 0 Å². The Bertz CT molecular complexity index is 1750. The van der Waals surface area contributed by atoms with Gasteiger partial charge in [0.1, 0.15) is 0 Å². The Hall–Kier alpha value is -4.57. The molecule has 7 aromatic rings. The van der Waals surface area contributed by atoms with Crippen molar-refractivity contribution in [2.45, 2.75) is 0 Å². The number of rotatable bonds is 3. The van der Waals surface area contributed by atoms with Gasteiger partial charge in [0.05, 0.1) is 11.3 Å². The van der Waals surface area contributed by atoms with E-state index in [0.717, 1.165) is 27.7 Å². The minimum atomic E-state index is 0. The Morgan fingerprint density at radius 1 is 0.538 bits per heavy atom. The largest absolute Gasteiger partial charge is 0.360 e. The maximum Gasteiger partial charge on any atom is 0.0770 e. The first kappa shape index (κ1) is 26.1. The summed E-state index contributed by atoms with van der Waals surface area (Å²) < 4.78 is 0. The zero-order valence-corrected chi connectivity index (χ0v) is 23.2. The third kappa shape index (κ3) is 6.12. The standard InChI is InChI=1S/C17H10N3.C17H12N.Ir/c1-2-5-13-9-16-15(8-12(13)4-1)11-19-17(20-16)14-6-3-7-18-10-14;1-3-7-14(8-4-1)16-11-12-18-17(13-16)15-9-5-2-6-10-15;/h1-5,7-11H;1-9,11-13H;/q2*-1;. The van der Waals surface area contributed by atoms with Crippen LogP contribution in [0.15, 0.2) is 134 Å². The van der Waals surface area contributed by atoms with Crippen LogP contribution in [0.3, 0.4) is 0 Å². The zero-order valence-electron chi connectivity index (χ0n) is 20.8. The van der Waals surface area contributed by atoms with Crippen LogP contribution in [0.5, 0.6) is 0 Å². The molecule has 0 saturated carbocycles. The van der Waals surface area contributed by atoms with Gasteiger partial charge in [0.25, 0.3) is 0 Å². The second-order valence-corrected chi connectivity index (χ2v) is 8.68. The predicted octanol–water partition coefficient (Wildman–Crippen LogP) is 7.86. The van der Waals surface area contributed by atoms with E-state index in [1.54, 1.807) is 18.5 Å². The summed E-state index contributed by atoms with van der Waals surface area (Å²) in [5.41, 5.74) is 6.11. The van der Waals surface area contributed by atoms with E-state index in [-0.39, 0.29) is 20.1 Å². The van der Waals surface area contributed by atoms with Crippen molar-refractivity contribution in [3.8, 4) is 33.8 Å². The number of pyridine rings is 2. The molecule has 39 heavy (non-hydrogen) atoms. The molecule has 3 heterocycles. The van der Waals surface area contributed by atoms with Crippen molar-refractivity contribution in [3.05, 3.63) is 146 Å². The average molecular weight is 679 g/mol. The van der Waals surface area contributed by atoms with Crippen molar-refractivity contribution in [2.75, 3.05) is 0 Å². The van der Waals surface area contributed by atoms with Crippen molar-refractivity contribution in [2.24, 2.45) is 0 Å². The quantitative estimate of drug-likeness (QED) is 0.141. The Morgan fingerprint density at radius 2 is 1.31 bits per heavy atom. The molecule has 0 aliphatic carbocycles. The average Bonchev–Trinajstić information content (AvgIpc) is 3.01. The molecule has 0 atom stereocenters. The molecular formula is C34H22IrN4-2. The summed E-state index contributed by atoms with van der Waals surface area (Å²) in [5.74, 6) is 0.654. The number of fused-ring (bicyclic) bond motifs is 2. The minimum absolute atomic E-state index is 0. The molecule has 0 aliphatic rings. The van der Waals surface area contributed by atoms with Crippen LogP contribution in [0.1, 0.15) is 0 Å². The van der Waals surface area contributed by atoms with Crippen molar-refractivity contribution in [1.82, 2.24) is 19.9 Å². The van der Waals surface area contributed by atoms with E-state index in [9.17, 15) is 0 Å². The van der Waals surface area contributed by atoms with E-state index in [1.807, 2.05) is 73.1 Å². The molecule has 189 valence electrons. The van der Waals surface area contributed by atoms with Crippen LogP contribution in [0.25, 0.3) is 55.4 Å². The fraction of sp³-hybridized carbons (Fsp3) is 0. The van der Waals surface area contributed by atoms with Gasteiger partial charge in [-0.25, -0.2) is 0 Å². The van der Waals surface area contributed by atoms with E-state index >= 15 is 0 Å². The predicted molar refractivity (Wildman–Crippen MR) is 153 cm³/mol. The van der Waals surface area contributed by atoms with Gasteiger partial charge in [-0.3, -0.25) is 9.97 Å². The normalized spacial score (nSPS) is 10.4. The summed E-state index contributed by atoms with van der Waals surface area (Å²) in [6, 6.07) is 42.9.